The van der Waals surface area contributed by atoms with Gasteiger partial charge in [-0.3, -0.25) is 4.79 Å². The molecule has 2 rings (SSSR count). The first-order valence-electron chi connectivity index (χ1n) is 5.59. The molecule has 1 aliphatic heterocycles. The number of hydrogen-bond acceptors (Lipinski definition) is 3. The van der Waals surface area contributed by atoms with Crippen molar-refractivity contribution in [2.24, 2.45) is 0 Å². The van der Waals surface area contributed by atoms with Crippen LogP contribution in [0, 0.1) is 0 Å². The Kier molecular flexibility index (Phi) is 4.38. The van der Waals surface area contributed by atoms with Crippen LogP contribution in [0.3, 0.4) is 0 Å². The second-order valence-electron chi connectivity index (χ2n) is 3.96. The van der Waals surface area contributed by atoms with Crippen molar-refractivity contribution in [1.29, 1.82) is 0 Å². The van der Waals surface area contributed by atoms with E-state index in [0.29, 0.717) is 13.2 Å². The molecule has 0 atom stereocenters. The highest BCUT2D eigenvalue weighted by Gasteiger charge is 2.18. The minimum Gasteiger partial charge on any atom is -0.496 e. The topological polar surface area (TPSA) is 47.6 Å². The molecule has 0 aromatic heterocycles. The number of hydrogen-bond donors (Lipinski definition) is 1. The molecular formula is C13H14BrNO3. The predicted octanol–water partition coefficient (Wildman–Crippen LogP) is 1.99. The first-order chi connectivity index (χ1) is 8.69. The Morgan fingerprint density at radius 3 is 2.94 bits per heavy atom. The van der Waals surface area contributed by atoms with Crippen LogP contribution < -0.4 is 10.1 Å². The zero-order valence-electron chi connectivity index (χ0n) is 9.98. The van der Waals surface area contributed by atoms with Crippen LogP contribution in [0.15, 0.2) is 28.7 Å². The maximum absolute atomic E-state index is 11.6. The Morgan fingerprint density at radius 1 is 1.56 bits per heavy atom. The molecule has 18 heavy (non-hydrogen) atoms. The minimum atomic E-state index is -0.120. The monoisotopic (exact) mass is 311 g/mol. The first kappa shape index (κ1) is 13.1. The van der Waals surface area contributed by atoms with Crippen molar-refractivity contribution in [3.8, 4) is 5.75 Å². The summed E-state index contributed by atoms with van der Waals surface area (Å²) in [5, 5.41) is 2.84. The summed E-state index contributed by atoms with van der Waals surface area (Å²) >= 11 is 3.39. The molecule has 1 heterocycles. The van der Waals surface area contributed by atoms with Crippen molar-refractivity contribution in [2.45, 2.75) is 6.04 Å². The summed E-state index contributed by atoms with van der Waals surface area (Å²) < 4.78 is 11.1. The molecule has 1 N–H and O–H groups in total. The quantitative estimate of drug-likeness (QED) is 0.865. The smallest absolute Gasteiger partial charge is 0.244 e. The summed E-state index contributed by atoms with van der Waals surface area (Å²) in [7, 11) is 1.60. The van der Waals surface area contributed by atoms with Crippen molar-refractivity contribution >= 4 is 27.9 Å². The molecule has 4 nitrogen and oxygen atoms in total. The van der Waals surface area contributed by atoms with E-state index in [1.54, 1.807) is 13.2 Å². The zero-order valence-corrected chi connectivity index (χ0v) is 11.6. The molecule has 1 fully saturated rings. The van der Waals surface area contributed by atoms with Gasteiger partial charge in [-0.25, -0.2) is 0 Å². The third-order valence-electron chi connectivity index (χ3n) is 2.59. The third-order valence-corrected chi connectivity index (χ3v) is 3.08. The van der Waals surface area contributed by atoms with Gasteiger partial charge in [0.15, 0.2) is 0 Å². The first-order valence-corrected chi connectivity index (χ1v) is 6.38. The number of benzene rings is 1. The van der Waals surface area contributed by atoms with Gasteiger partial charge in [-0.05, 0) is 24.3 Å². The molecule has 0 aliphatic carbocycles. The third kappa shape index (κ3) is 3.34. The van der Waals surface area contributed by atoms with Gasteiger partial charge in [-0.2, -0.15) is 0 Å². The van der Waals surface area contributed by atoms with Crippen molar-refractivity contribution in [1.82, 2.24) is 5.32 Å². The van der Waals surface area contributed by atoms with Gasteiger partial charge >= 0.3 is 0 Å². The SMILES string of the molecule is COc1ccc(Br)cc1C=CC(=O)NC1COC1. The number of amides is 1. The fraction of sp³-hybridized carbons (Fsp3) is 0.308. The molecular weight excluding hydrogens is 298 g/mol. The van der Waals surface area contributed by atoms with E-state index < -0.39 is 0 Å². The number of carbonyl (C=O) groups is 1. The summed E-state index contributed by atoms with van der Waals surface area (Å²) in [6, 6.07) is 5.78. The van der Waals surface area contributed by atoms with E-state index in [2.05, 4.69) is 21.2 Å². The van der Waals surface area contributed by atoms with Gasteiger partial charge in [0.1, 0.15) is 5.75 Å². The second kappa shape index (κ2) is 6.02. The molecule has 0 saturated carbocycles. The van der Waals surface area contributed by atoms with Crippen LogP contribution in [0.1, 0.15) is 5.56 Å². The molecule has 1 aromatic rings. The van der Waals surface area contributed by atoms with Gasteiger partial charge in [-0.1, -0.05) is 15.9 Å². The summed E-state index contributed by atoms with van der Waals surface area (Å²) in [6.07, 6.45) is 3.24. The van der Waals surface area contributed by atoms with E-state index in [0.717, 1.165) is 15.8 Å². The number of methoxy groups -OCH3 is 1. The van der Waals surface area contributed by atoms with Crippen LogP contribution in [-0.4, -0.2) is 32.3 Å². The summed E-state index contributed by atoms with van der Waals surface area (Å²) in [4.78, 5) is 11.6. The van der Waals surface area contributed by atoms with E-state index >= 15 is 0 Å². The normalized spacial score (nSPS) is 15.4. The number of halogens is 1. The van der Waals surface area contributed by atoms with Crippen molar-refractivity contribution in [3.63, 3.8) is 0 Å². The maximum Gasteiger partial charge on any atom is 0.244 e. The van der Waals surface area contributed by atoms with Crippen LogP contribution in [0.5, 0.6) is 5.75 Å². The average molecular weight is 312 g/mol. The van der Waals surface area contributed by atoms with E-state index in [-0.39, 0.29) is 11.9 Å². The summed E-state index contributed by atoms with van der Waals surface area (Å²) in [5.41, 5.74) is 0.854. The number of nitrogens with one attached hydrogen (secondary N) is 1. The lowest BCUT2D eigenvalue weighted by Crippen LogP contribution is -2.48. The van der Waals surface area contributed by atoms with Crippen LogP contribution in [0.4, 0.5) is 0 Å². The maximum atomic E-state index is 11.6. The highest BCUT2D eigenvalue weighted by molar-refractivity contribution is 9.10. The second-order valence-corrected chi connectivity index (χ2v) is 4.88. The molecule has 1 amide bonds. The molecule has 1 saturated heterocycles. The van der Waals surface area contributed by atoms with E-state index in [9.17, 15) is 4.79 Å². The van der Waals surface area contributed by atoms with Crippen molar-refractivity contribution in [3.05, 3.63) is 34.3 Å². The van der Waals surface area contributed by atoms with E-state index in [1.807, 2.05) is 18.2 Å². The van der Waals surface area contributed by atoms with E-state index in [4.69, 9.17) is 9.47 Å². The number of rotatable bonds is 4. The van der Waals surface area contributed by atoms with Gasteiger partial charge < -0.3 is 14.8 Å². The molecule has 1 aromatic carbocycles. The molecule has 96 valence electrons. The fourth-order valence-electron chi connectivity index (χ4n) is 1.57. The molecule has 0 bridgehead atoms. The highest BCUT2D eigenvalue weighted by Crippen LogP contribution is 2.24. The average Bonchev–Trinajstić information content (AvgIpc) is 2.31. The minimum absolute atomic E-state index is 0.120. The van der Waals surface area contributed by atoms with Crippen LogP contribution >= 0.6 is 15.9 Å². The summed E-state index contributed by atoms with van der Waals surface area (Å²) in [5.74, 6) is 0.611. The van der Waals surface area contributed by atoms with Gasteiger partial charge in [0, 0.05) is 16.1 Å². The standard InChI is InChI=1S/C13H14BrNO3/c1-17-12-4-3-10(14)6-9(12)2-5-13(16)15-11-7-18-8-11/h2-6,11H,7-8H2,1H3,(H,15,16). The Hall–Kier alpha value is -1.33. The Labute approximate surface area is 114 Å². The van der Waals surface area contributed by atoms with E-state index in [1.165, 1.54) is 6.08 Å². The lowest BCUT2D eigenvalue weighted by atomic mass is 10.2. The summed E-state index contributed by atoms with van der Waals surface area (Å²) in [6.45, 7) is 1.19. The molecule has 1 aliphatic rings. The van der Waals surface area contributed by atoms with Crippen LogP contribution in [-0.2, 0) is 9.53 Å². The van der Waals surface area contributed by atoms with Gasteiger partial charge in [0.05, 0.1) is 26.4 Å². The molecule has 0 spiro atoms. The van der Waals surface area contributed by atoms with Crippen molar-refractivity contribution < 1.29 is 14.3 Å². The Morgan fingerprint density at radius 2 is 2.33 bits per heavy atom. The lowest BCUT2D eigenvalue weighted by molar-refractivity contribution is -0.120. The molecule has 5 heteroatoms. The van der Waals surface area contributed by atoms with Crippen LogP contribution in [0.2, 0.25) is 0 Å². The fourth-order valence-corrected chi connectivity index (χ4v) is 1.95. The zero-order chi connectivity index (χ0) is 13.0. The largest absolute Gasteiger partial charge is 0.496 e. The van der Waals surface area contributed by atoms with Gasteiger partial charge in [-0.15, -0.1) is 0 Å². The molecule has 0 radical (unpaired) electrons. The number of carbonyl (C=O) groups excluding carboxylic acids is 1. The molecule has 0 unspecified atom stereocenters. The van der Waals surface area contributed by atoms with Crippen LogP contribution in [0.25, 0.3) is 6.08 Å². The predicted molar refractivity (Wildman–Crippen MR) is 72.5 cm³/mol. The van der Waals surface area contributed by atoms with Crippen molar-refractivity contribution in [2.75, 3.05) is 20.3 Å². The Balaban J connectivity index is 2.02. The highest BCUT2D eigenvalue weighted by atomic mass is 79.9. The number of ether oxygens (including phenoxy) is 2. The lowest BCUT2D eigenvalue weighted by Gasteiger charge is -2.26. The van der Waals surface area contributed by atoms with Gasteiger partial charge in [0.2, 0.25) is 5.91 Å². The van der Waals surface area contributed by atoms with Gasteiger partial charge in [0.25, 0.3) is 0 Å². The Bertz CT molecular complexity index is 469.